The number of amides is 2. The Balaban J connectivity index is 1.64. The van der Waals surface area contributed by atoms with Crippen molar-refractivity contribution in [1.82, 2.24) is 9.80 Å². The lowest BCUT2D eigenvalue weighted by Gasteiger charge is -2.36. The van der Waals surface area contributed by atoms with Crippen LogP contribution in [0.3, 0.4) is 0 Å². The molecule has 10 heteroatoms. The number of ketones is 1. The maximum Gasteiger partial charge on any atom is 0.249 e. The second-order valence-electron chi connectivity index (χ2n) is 10.6. The number of fused-ring (bicyclic) bond motifs is 1. The summed E-state index contributed by atoms with van der Waals surface area (Å²) in [6.45, 7) is 9.41. The highest BCUT2D eigenvalue weighted by Crippen LogP contribution is 2.36. The van der Waals surface area contributed by atoms with Gasteiger partial charge in [0, 0.05) is 58.2 Å². The molecule has 0 bridgehead atoms. The molecule has 2 amide bonds. The van der Waals surface area contributed by atoms with Crippen LogP contribution >= 0.6 is 0 Å². The van der Waals surface area contributed by atoms with E-state index in [1.165, 1.54) is 0 Å². The predicted molar refractivity (Wildman–Crippen MR) is 139 cm³/mol. The summed E-state index contributed by atoms with van der Waals surface area (Å²) in [6, 6.07) is 4.93. The molecule has 0 unspecified atom stereocenters. The van der Waals surface area contributed by atoms with Crippen molar-refractivity contribution >= 4 is 23.3 Å². The number of methoxy groups -OCH3 is 2. The lowest BCUT2D eigenvalue weighted by Crippen LogP contribution is -2.47. The van der Waals surface area contributed by atoms with Gasteiger partial charge in [-0.1, -0.05) is 13.8 Å². The number of rotatable bonds is 10. The third kappa shape index (κ3) is 5.82. The van der Waals surface area contributed by atoms with Gasteiger partial charge in [-0.15, -0.1) is 0 Å². The largest absolute Gasteiger partial charge is 0.383 e. The van der Waals surface area contributed by atoms with E-state index in [4.69, 9.17) is 19.9 Å². The highest BCUT2D eigenvalue weighted by molar-refractivity contribution is 5.99. The molecule has 1 aromatic carbocycles. The first kappa shape index (κ1) is 27.5. The highest BCUT2D eigenvalue weighted by atomic mass is 16.5. The topological polar surface area (TPSA) is 115 Å². The predicted octanol–water partition coefficient (Wildman–Crippen LogP) is 0.877. The zero-order chi connectivity index (χ0) is 26.7. The number of primary amides is 1. The SMILES string of the molecule is COCCN1CCN(c2ccc(C(N)=O)c([C@H](CC(C)C)C(=O)N3C[C@@H](OC)[C@H]4OCC(=O)[C@H]43)c2)CC1. The van der Waals surface area contributed by atoms with Crippen LogP contribution in [0.2, 0.25) is 0 Å². The number of Topliss-reactive ketones (excluding diaryl/α,β-unsaturated/α-hetero) is 1. The summed E-state index contributed by atoms with van der Waals surface area (Å²) in [6.07, 6.45) is -0.303. The van der Waals surface area contributed by atoms with Crippen LogP contribution in [0.5, 0.6) is 0 Å². The fraction of sp³-hybridized carbons (Fsp3) is 0.667. The Bertz CT molecular complexity index is 993. The van der Waals surface area contributed by atoms with Crippen molar-refractivity contribution in [2.45, 2.75) is 44.4 Å². The Morgan fingerprint density at radius 3 is 2.51 bits per heavy atom. The van der Waals surface area contributed by atoms with Crippen LogP contribution in [-0.4, -0.2) is 112 Å². The quantitative estimate of drug-likeness (QED) is 0.488. The molecular formula is C27H40N4O6. The van der Waals surface area contributed by atoms with E-state index < -0.39 is 24.0 Å². The summed E-state index contributed by atoms with van der Waals surface area (Å²) in [4.78, 5) is 45.5. The Hall–Kier alpha value is -2.53. The van der Waals surface area contributed by atoms with Gasteiger partial charge in [-0.3, -0.25) is 19.3 Å². The van der Waals surface area contributed by atoms with Gasteiger partial charge in [0.25, 0.3) is 0 Å². The third-order valence-electron chi connectivity index (χ3n) is 7.75. The van der Waals surface area contributed by atoms with Gasteiger partial charge in [0.1, 0.15) is 24.9 Å². The van der Waals surface area contributed by atoms with Crippen LogP contribution in [0.1, 0.15) is 42.1 Å². The molecule has 0 radical (unpaired) electrons. The van der Waals surface area contributed by atoms with Gasteiger partial charge >= 0.3 is 0 Å². The van der Waals surface area contributed by atoms with Crippen molar-refractivity contribution in [3.05, 3.63) is 29.3 Å². The number of carbonyl (C=O) groups excluding carboxylic acids is 3. The van der Waals surface area contributed by atoms with Crippen molar-refractivity contribution in [1.29, 1.82) is 0 Å². The zero-order valence-electron chi connectivity index (χ0n) is 22.4. The minimum Gasteiger partial charge on any atom is -0.383 e. The van der Waals surface area contributed by atoms with E-state index in [9.17, 15) is 14.4 Å². The van der Waals surface area contributed by atoms with Gasteiger partial charge < -0.3 is 29.7 Å². The molecule has 0 saturated carbocycles. The maximum atomic E-state index is 14.1. The number of anilines is 1. The van der Waals surface area contributed by atoms with Crippen LogP contribution in [0, 0.1) is 5.92 Å². The fourth-order valence-electron chi connectivity index (χ4n) is 5.79. The number of hydrogen-bond donors (Lipinski definition) is 1. The highest BCUT2D eigenvalue weighted by Gasteiger charge is 2.53. The van der Waals surface area contributed by atoms with Crippen LogP contribution in [-0.2, 0) is 23.8 Å². The van der Waals surface area contributed by atoms with Gasteiger partial charge in [0.2, 0.25) is 11.8 Å². The number of carbonyl (C=O) groups is 3. The molecule has 0 spiro atoms. The first-order valence-electron chi connectivity index (χ1n) is 13.1. The molecule has 3 aliphatic rings. The smallest absolute Gasteiger partial charge is 0.249 e. The number of nitrogens with zero attached hydrogens (tertiary/aromatic N) is 3. The Morgan fingerprint density at radius 1 is 1.16 bits per heavy atom. The van der Waals surface area contributed by atoms with E-state index >= 15 is 0 Å². The molecule has 0 aromatic heterocycles. The average molecular weight is 517 g/mol. The molecule has 10 nitrogen and oxygen atoms in total. The Morgan fingerprint density at radius 2 is 1.89 bits per heavy atom. The molecule has 2 N–H and O–H groups in total. The van der Waals surface area contributed by atoms with Gasteiger partial charge in [-0.25, -0.2) is 0 Å². The molecule has 1 aromatic rings. The summed E-state index contributed by atoms with van der Waals surface area (Å²) in [7, 11) is 3.28. The summed E-state index contributed by atoms with van der Waals surface area (Å²) < 4.78 is 16.4. The number of likely N-dealkylation sites (tertiary alicyclic amines) is 1. The van der Waals surface area contributed by atoms with Gasteiger partial charge in [-0.2, -0.15) is 0 Å². The molecule has 4 atom stereocenters. The van der Waals surface area contributed by atoms with Crippen molar-refractivity contribution in [3.8, 4) is 0 Å². The fourth-order valence-corrected chi connectivity index (χ4v) is 5.79. The molecule has 3 fully saturated rings. The summed E-state index contributed by atoms with van der Waals surface area (Å²) in [5.41, 5.74) is 7.71. The van der Waals surface area contributed by atoms with Gasteiger partial charge in [0.05, 0.1) is 19.1 Å². The van der Waals surface area contributed by atoms with Crippen LogP contribution in [0.25, 0.3) is 0 Å². The monoisotopic (exact) mass is 516 g/mol. The van der Waals surface area contributed by atoms with Crippen molar-refractivity contribution in [2.75, 3.05) is 71.6 Å². The normalized spacial score (nSPS) is 25.1. The average Bonchev–Trinajstić information content (AvgIpc) is 3.45. The van der Waals surface area contributed by atoms with E-state index in [0.29, 0.717) is 24.2 Å². The lowest BCUT2D eigenvalue weighted by atomic mass is 9.85. The van der Waals surface area contributed by atoms with Crippen LogP contribution in [0.4, 0.5) is 5.69 Å². The second-order valence-corrected chi connectivity index (χ2v) is 10.6. The molecule has 0 aliphatic carbocycles. The minimum absolute atomic E-state index is 0.0216. The summed E-state index contributed by atoms with van der Waals surface area (Å²) in [5.74, 6) is -1.31. The first-order chi connectivity index (χ1) is 17.7. The lowest BCUT2D eigenvalue weighted by molar-refractivity contribution is -0.138. The molecule has 4 rings (SSSR count). The number of benzene rings is 1. The van der Waals surface area contributed by atoms with Gasteiger partial charge in [-0.05, 0) is 36.1 Å². The number of hydrogen-bond acceptors (Lipinski definition) is 8. The molecule has 37 heavy (non-hydrogen) atoms. The molecule has 3 aliphatic heterocycles. The first-order valence-corrected chi connectivity index (χ1v) is 13.1. The van der Waals surface area contributed by atoms with E-state index in [1.54, 1.807) is 25.2 Å². The molecule has 204 valence electrons. The van der Waals surface area contributed by atoms with Crippen molar-refractivity contribution in [3.63, 3.8) is 0 Å². The van der Waals surface area contributed by atoms with Crippen LogP contribution < -0.4 is 10.6 Å². The minimum atomic E-state index is -0.660. The second kappa shape index (κ2) is 11.9. The standard InChI is InChI=1S/C27H40N4O6/c1-17(2)13-21(27(34)31-15-23(36-4)25-24(31)22(32)16-37-25)20-14-18(5-6-19(20)26(28)33)30-9-7-29(8-10-30)11-12-35-3/h5-6,14,17,21,23-25H,7-13,15-16H2,1-4H3,(H2,28,33)/t21-,23+,24+,25+/m0/s1. The number of ether oxygens (including phenoxy) is 3. The summed E-state index contributed by atoms with van der Waals surface area (Å²) >= 11 is 0. The van der Waals surface area contributed by atoms with E-state index in [1.807, 2.05) is 26.0 Å². The number of piperazine rings is 1. The van der Waals surface area contributed by atoms with Crippen LogP contribution in [0.15, 0.2) is 18.2 Å². The van der Waals surface area contributed by atoms with E-state index in [0.717, 1.165) is 38.4 Å². The number of nitrogens with two attached hydrogens (primary N) is 1. The molecule has 3 saturated heterocycles. The van der Waals surface area contributed by atoms with E-state index in [-0.39, 0.29) is 36.9 Å². The van der Waals surface area contributed by atoms with Crippen molar-refractivity contribution < 1.29 is 28.6 Å². The van der Waals surface area contributed by atoms with Crippen molar-refractivity contribution in [2.24, 2.45) is 11.7 Å². The van der Waals surface area contributed by atoms with E-state index in [2.05, 4.69) is 9.80 Å². The third-order valence-corrected chi connectivity index (χ3v) is 7.75. The zero-order valence-corrected chi connectivity index (χ0v) is 22.4. The molecule has 3 heterocycles. The maximum absolute atomic E-state index is 14.1. The molecular weight excluding hydrogens is 476 g/mol. The van der Waals surface area contributed by atoms with Gasteiger partial charge in [0.15, 0.2) is 5.78 Å². The summed E-state index contributed by atoms with van der Waals surface area (Å²) in [5, 5.41) is 0. The Labute approximate surface area is 219 Å². The Kier molecular flexibility index (Phi) is 8.84.